The summed E-state index contributed by atoms with van der Waals surface area (Å²) in [4.78, 5) is 15.3. The lowest BCUT2D eigenvalue weighted by Gasteiger charge is -2.20. The standard InChI is InChI=1S/C18H27N3O3S/c1-14(2)9-11-21(25(3,23)24)13-18(22)19-10-8-15-12-20-17-7-5-4-6-16(15)17/h4-7,12,14,20H,8-11,13H2,1-3H3,(H,19,22). The first kappa shape index (κ1) is 19.5. The van der Waals surface area contributed by atoms with E-state index in [1.807, 2.05) is 44.3 Å². The maximum atomic E-state index is 12.1. The number of carbonyl (C=O) groups excluding carboxylic acids is 1. The Morgan fingerprint density at radius 2 is 2.00 bits per heavy atom. The van der Waals surface area contributed by atoms with Gasteiger partial charge in [-0.15, -0.1) is 0 Å². The molecule has 1 heterocycles. The molecule has 0 atom stereocenters. The fourth-order valence-corrected chi connectivity index (χ4v) is 3.44. The van der Waals surface area contributed by atoms with Crippen LogP contribution in [-0.4, -0.2) is 49.5 Å². The maximum Gasteiger partial charge on any atom is 0.235 e. The lowest BCUT2D eigenvalue weighted by atomic mass is 10.1. The van der Waals surface area contributed by atoms with E-state index in [0.29, 0.717) is 25.4 Å². The molecule has 6 nitrogen and oxygen atoms in total. The van der Waals surface area contributed by atoms with Gasteiger partial charge in [-0.05, 0) is 30.4 Å². The zero-order valence-corrected chi connectivity index (χ0v) is 15.9. The van der Waals surface area contributed by atoms with Gasteiger partial charge in [0.25, 0.3) is 0 Å². The second kappa shape index (κ2) is 8.49. The lowest BCUT2D eigenvalue weighted by molar-refractivity contribution is -0.121. The Kier molecular flexibility index (Phi) is 6.61. The van der Waals surface area contributed by atoms with E-state index in [1.165, 1.54) is 4.31 Å². The zero-order chi connectivity index (χ0) is 18.4. The van der Waals surface area contributed by atoms with Gasteiger partial charge in [-0.3, -0.25) is 4.79 Å². The van der Waals surface area contributed by atoms with Crippen LogP contribution in [0, 0.1) is 5.92 Å². The van der Waals surface area contributed by atoms with Gasteiger partial charge in [0.2, 0.25) is 15.9 Å². The van der Waals surface area contributed by atoms with Gasteiger partial charge in [-0.2, -0.15) is 4.31 Å². The van der Waals surface area contributed by atoms with Gasteiger partial charge >= 0.3 is 0 Å². The Morgan fingerprint density at radius 1 is 1.28 bits per heavy atom. The highest BCUT2D eigenvalue weighted by atomic mass is 32.2. The second-order valence-corrected chi connectivity index (χ2v) is 8.72. The molecule has 0 spiro atoms. The van der Waals surface area contributed by atoms with E-state index in [9.17, 15) is 13.2 Å². The van der Waals surface area contributed by atoms with Crippen molar-refractivity contribution in [2.24, 2.45) is 5.92 Å². The molecule has 2 rings (SSSR count). The average molecular weight is 365 g/mol. The third-order valence-electron chi connectivity index (χ3n) is 4.14. The number of nitrogens with zero attached hydrogens (tertiary/aromatic N) is 1. The van der Waals surface area contributed by atoms with Gasteiger partial charge in [0.15, 0.2) is 0 Å². The number of aromatic nitrogens is 1. The normalized spacial score (nSPS) is 12.2. The third-order valence-corrected chi connectivity index (χ3v) is 5.39. The van der Waals surface area contributed by atoms with Crippen molar-refractivity contribution >= 4 is 26.8 Å². The van der Waals surface area contributed by atoms with E-state index in [1.54, 1.807) is 0 Å². The molecular weight excluding hydrogens is 338 g/mol. The molecule has 1 amide bonds. The number of benzene rings is 1. The summed E-state index contributed by atoms with van der Waals surface area (Å²) in [7, 11) is -3.39. The summed E-state index contributed by atoms with van der Waals surface area (Å²) in [5.41, 5.74) is 2.21. The number of rotatable bonds is 9. The molecule has 2 N–H and O–H groups in total. The Bertz CT molecular complexity index is 812. The molecule has 1 aromatic carbocycles. The molecule has 0 aliphatic heterocycles. The van der Waals surface area contributed by atoms with Crippen molar-refractivity contribution in [3.63, 3.8) is 0 Å². The van der Waals surface area contributed by atoms with Crippen LogP contribution in [0.15, 0.2) is 30.5 Å². The minimum Gasteiger partial charge on any atom is -0.361 e. The van der Waals surface area contributed by atoms with Gasteiger partial charge in [0.05, 0.1) is 12.8 Å². The predicted octanol–water partition coefficient (Wildman–Crippen LogP) is 2.13. The van der Waals surface area contributed by atoms with Crippen LogP contribution in [0.3, 0.4) is 0 Å². The summed E-state index contributed by atoms with van der Waals surface area (Å²) >= 11 is 0. The molecule has 138 valence electrons. The number of H-pyrrole nitrogens is 1. The monoisotopic (exact) mass is 365 g/mol. The van der Waals surface area contributed by atoms with E-state index >= 15 is 0 Å². The van der Waals surface area contributed by atoms with Crippen molar-refractivity contribution in [1.82, 2.24) is 14.6 Å². The number of hydrogen-bond acceptors (Lipinski definition) is 3. The first-order valence-corrected chi connectivity index (χ1v) is 10.4. The van der Waals surface area contributed by atoms with Gasteiger partial charge in [-0.1, -0.05) is 32.0 Å². The number of nitrogens with one attached hydrogen (secondary N) is 2. The SMILES string of the molecule is CC(C)CCN(CC(=O)NCCc1c[nH]c2ccccc12)S(C)(=O)=O. The van der Waals surface area contributed by atoms with Crippen LogP contribution in [-0.2, 0) is 21.2 Å². The summed E-state index contributed by atoms with van der Waals surface area (Å²) in [5.74, 6) is 0.114. The Hall–Kier alpha value is -1.86. The first-order chi connectivity index (χ1) is 11.8. The number of amides is 1. The van der Waals surface area contributed by atoms with Crippen LogP contribution in [0.1, 0.15) is 25.8 Å². The molecule has 0 fully saturated rings. The van der Waals surface area contributed by atoms with E-state index in [4.69, 9.17) is 0 Å². The van der Waals surface area contributed by atoms with Crippen molar-refractivity contribution in [1.29, 1.82) is 0 Å². The molecule has 7 heteroatoms. The Morgan fingerprint density at radius 3 is 2.68 bits per heavy atom. The first-order valence-electron chi connectivity index (χ1n) is 8.54. The van der Waals surface area contributed by atoms with Gasteiger partial charge in [0, 0.05) is 30.2 Å². The number of sulfonamides is 1. The van der Waals surface area contributed by atoms with E-state index < -0.39 is 10.0 Å². The molecule has 0 radical (unpaired) electrons. The summed E-state index contributed by atoms with van der Waals surface area (Å²) in [5, 5.41) is 3.96. The second-order valence-electron chi connectivity index (χ2n) is 6.74. The van der Waals surface area contributed by atoms with Crippen LogP contribution in [0.2, 0.25) is 0 Å². The molecule has 0 saturated heterocycles. The molecule has 25 heavy (non-hydrogen) atoms. The van der Waals surface area contributed by atoms with Crippen LogP contribution >= 0.6 is 0 Å². The number of hydrogen-bond donors (Lipinski definition) is 2. The third kappa shape index (κ3) is 5.86. The summed E-state index contributed by atoms with van der Waals surface area (Å²) in [6.07, 6.45) is 4.52. The fourth-order valence-electron chi connectivity index (χ4n) is 2.66. The van der Waals surface area contributed by atoms with Crippen molar-refractivity contribution in [3.8, 4) is 0 Å². The highest BCUT2D eigenvalue weighted by Gasteiger charge is 2.20. The Labute approximate surface area is 149 Å². The number of aromatic amines is 1. The van der Waals surface area contributed by atoms with Crippen LogP contribution in [0.5, 0.6) is 0 Å². The van der Waals surface area contributed by atoms with E-state index in [-0.39, 0.29) is 12.5 Å². The van der Waals surface area contributed by atoms with E-state index in [2.05, 4.69) is 10.3 Å². The summed E-state index contributed by atoms with van der Waals surface area (Å²) in [6, 6.07) is 8.01. The van der Waals surface area contributed by atoms with Gasteiger partial charge in [-0.25, -0.2) is 8.42 Å². The van der Waals surface area contributed by atoms with E-state index in [0.717, 1.165) is 29.1 Å². The minimum absolute atomic E-state index is 0.126. The number of carbonyl (C=O) groups is 1. The molecule has 0 unspecified atom stereocenters. The van der Waals surface area contributed by atoms with Gasteiger partial charge in [0.1, 0.15) is 0 Å². The Balaban J connectivity index is 1.86. The quantitative estimate of drug-likeness (QED) is 0.714. The van der Waals surface area contributed by atoms with Crippen molar-refractivity contribution in [2.45, 2.75) is 26.7 Å². The molecule has 2 aromatic rings. The molecule has 0 saturated carbocycles. The predicted molar refractivity (Wildman–Crippen MR) is 101 cm³/mol. The summed E-state index contributed by atoms with van der Waals surface area (Å²) in [6.45, 7) is 4.78. The molecule has 1 aromatic heterocycles. The topological polar surface area (TPSA) is 82.3 Å². The van der Waals surface area contributed by atoms with Crippen LogP contribution in [0.4, 0.5) is 0 Å². The molecule has 0 bridgehead atoms. The molecular formula is C18H27N3O3S. The number of para-hydroxylation sites is 1. The largest absolute Gasteiger partial charge is 0.361 e. The van der Waals surface area contributed by atoms with Crippen LogP contribution in [0.25, 0.3) is 10.9 Å². The highest BCUT2D eigenvalue weighted by molar-refractivity contribution is 7.88. The molecule has 0 aliphatic carbocycles. The minimum atomic E-state index is -3.39. The zero-order valence-electron chi connectivity index (χ0n) is 15.1. The van der Waals surface area contributed by atoms with Crippen LogP contribution < -0.4 is 5.32 Å². The van der Waals surface area contributed by atoms with Gasteiger partial charge < -0.3 is 10.3 Å². The fraction of sp³-hybridized carbons (Fsp3) is 0.500. The van der Waals surface area contributed by atoms with Crippen molar-refractivity contribution in [2.75, 3.05) is 25.9 Å². The highest BCUT2D eigenvalue weighted by Crippen LogP contribution is 2.17. The average Bonchev–Trinajstić information content (AvgIpc) is 2.93. The molecule has 0 aliphatic rings. The lowest BCUT2D eigenvalue weighted by Crippen LogP contribution is -2.41. The summed E-state index contributed by atoms with van der Waals surface area (Å²) < 4.78 is 24.9. The number of fused-ring (bicyclic) bond motifs is 1. The van der Waals surface area contributed by atoms with Crippen molar-refractivity contribution in [3.05, 3.63) is 36.0 Å². The van der Waals surface area contributed by atoms with Crippen molar-refractivity contribution < 1.29 is 13.2 Å². The maximum absolute atomic E-state index is 12.1. The smallest absolute Gasteiger partial charge is 0.235 e.